The van der Waals surface area contributed by atoms with E-state index in [-0.39, 0.29) is 0 Å². The average molecular weight is 263 g/mol. The second kappa shape index (κ2) is 6.47. The maximum atomic E-state index is 5.21. The van der Waals surface area contributed by atoms with E-state index in [0.717, 1.165) is 35.3 Å². The molecular weight excluding hydrogens is 246 g/mol. The standard InChI is InChI=1S/C13H17N3OS/c1-3-14-9-13-16-15-12(18-13)8-10-5-4-6-11(7-10)17-2/h4-7,14H,3,8-9H2,1-2H3. The monoisotopic (exact) mass is 263 g/mol. The van der Waals surface area contributed by atoms with Crippen LogP contribution in [0.1, 0.15) is 22.5 Å². The third kappa shape index (κ3) is 3.51. The van der Waals surface area contributed by atoms with Gasteiger partial charge in [-0.3, -0.25) is 0 Å². The van der Waals surface area contributed by atoms with E-state index in [1.807, 2.05) is 18.2 Å². The van der Waals surface area contributed by atoms with Crippen molar-refractivity contribution in [3.05, 3.63) is 39.8 Å². The summed E-state index contributed by atoms with van der Waals surface area (Å²) < 4.78 is 5.21. The van der Waals surface area contributed by atoms with Crippen LogP contribution in [0.25, 0.3) is 0 Å². The Labute approximate surface area is 111 Å². The molecule has 0 aliphatic rings. The minimum atomic E-state index is 0.798. The van der Waals surface area contributed by atoms with E-state index in [1.54, 1.807) is 18.4 Å². The number of nitrogens with one attached hydrogen (secondary N) is 1. The van der Waals surface area contributed by atoms with Gasteiger partial charge < -0.3 is 10.1 Å². The number of hydrogen-bond acceptors (Lipinski definition) is 5. The van der Waals surface area contributed by atoms with Gasteiger partial charge in [-0.1, -0.05) is 30.4 Å². The van der Waals surface area contributed by atoms with Crippen molar-refractivity contribution in [2.24, 2.45) is 0 Å². The summed E-state index contributed by atoms with van der Waals surface area (Å²) in [6, 6.07) is 8.05. The maximum Gasteiger partial charge on any atom is 0.131 e. The Morgan fingerprint density at radius 3 is 2.89 bits per heavy atom. The molecule has 1 heterocycles. The molecular formula is C13H17N3OS. The van der Waals surface area contributed by atoms with Crippen molar-refractivity contribution >= 4 is 11.3 Å². The van der Waals surface area contributed by atoms with Crippen LogP contribution in [-0.2, 0) is 13.0 Å². The molecule has 1 N–H and O–H groups in total. The molecule has 0 saturated heterocycles. The molecule has 0 radical (unpaired) electrons. The molecule has 1 aromatic carbocycles. The van der Waals surface area contributed by atoms with E-state index in [4.69, 9.17) is 4.74 Å². The van der Waals surface area contributed by atoms with Crippen LogP contribution in [0.2, 0.25) is 0 Å². The lowest BCUT2D eigenvalue weighted by atomic mass is 10.1. The molecule has 4 nitrogen and oxygen atoms in total. The van der Waals surface area contributed by atoms with Crippen molar-refractivity contribution in [2.75, 3.05) is 13.7 Å². The van der Waals surface area contributed by atoms with Gasteiger partial charge in [0.05, 0.1) is 7.11 Å². The van der Waals surface area contributed by atoms with Crippen LogP contribution >= 0.6 is 11.3 Å². The fourth-order valence-corrected chi connectivity index (χ4v) is 2.47. The van der Waals surface area contributed by atoms with Gasteiger partial charge in [-0.25, -0.2) is 0 Å². The predicted molar refractivity (Wildman–Crippen MR) is 73.1 cm³/mol. The molecule has 96 valence electrons. The van der Waals surface area contributed by atoms with Gasteiger partial charge >= 0.3 is 0 Å². The van der Waals surface area contributed by atoms with Crippen molar-refractivity contribution in [2.45, 2.75) is 19.9 Å². The third-order valence-electron chi connectivity index (χ3n) is 2.52. The fourth-order valence-electron chi connectivity index (χ4n) is 1.62. The van der Waals surface area contributed by atoms with E-state index in [0.29, 0.717) is 0 Å². The van der Waals surface area contributed by atoms with Crippen LogP contribution in [0.4, 0.5) is 0 Å². The van der Waals surface area contributed by atoms with Crippen LogP contribution in [0.15, 0.2) is 24.3 Å². The van der Waals surface area contributed by atoms with Gasteiger partial charge in [0.2, 0.25) is 0 Å². The van der Waals surface area contributed by atoms with Crippen LogP contribution in [-0.4, -0.2) is 23.9 Å². The Morgan fingerprint density at radius 1 is 1.28 bits per heavy atom. The topological polar surface area (TPSA) is 47.0 Å². The van der Waals surface area contributed by atoms with Crippen molar-refractivity contribution in [1.82, 2.24) is 15.5 Å². The molecule has 0 saturated carbocycles. The molecule has 0 amide bonds. The first kappa shape index (κ1) is 13.0. The number of rotatable bonds is 6. The molecule has 0 unspecified atom stereocenters. The fraction of sp³-hybridized carbons (Fsp3) is 0.385. The number of nitrogens with zero attached hydrogens (tertiary/aromatic N) is 2. The molecule has 0 spiro atoms. The molecule has 0 fully saturated rings. The highest BCUT2D eigenvalue weighted by Gasteiger charge is 2.05. The summed E-state index contributed by atoms with van der Waals surface area (Å²) in [6.45, 7) is 3.83. The molecule has 0 aliphatic heterocycles. The number of benzene rings is 1. The third-order valence-corrected chi connectivity index (χ3v) is 3.45. The summed E-state index contributed by atoms with van der Waals surface area (Å²) in [7, 11) is 1.68. The highest BCUT2D eigenvalue weighted by atomic mass is 32.1. The van der Waals surface area contributed by atoms with E-state index < -0.39 is 0 Å². The molecule has 0 aliphatic carbocycles. The molecule has 2 rings (SSSR count). The summed E-state index contributed by atoms with van der Waals surface area (Å²) in [5.41, 5.74) is 1.19. The SMILES string of the molecule is CCNCc1nnc(Cc2cccc(OC)c2)s1. The Balaban J connectivity index is 2.01. The maximum absolute atomic E-state index is 5.21. The van der Waals surface area contributed by atoms with E-state index in [9.17, 15) is 0 Å². The molecule has 1 aromatic heterocycles. The predicted octanol–water partition coefficient (Wildman–Crippen LogP) is 2.25. The zero-order valence-corrected chi connectivity index (χ0v) is 11.5. The summed E-state index contributed by atoms with van der Waals surface area (Å²) in [5, 5.41) is 13.7. The Morgan fingerprint density at radius 2 is 2.11 bits per heavy atom. The van der Waals surface area contributed by atoms with Gasteiger partial charge in [0.15, 0.2) is 0 Å². The quantitative estimate of drug-likeness (QED) is 0.868. The zero-order chi connectivity index (χ0) is 12.8. The lowest BCUT2D eigenvalue weighted by Gasteiger charge is -2.01. The Hall–Kier alpha value is -1.46. The lowest BCUT2D eigenvalue weighted by Crippen LogP contribution is -2.11. The molecule has 18 heavy (non-hydrogen) atoms. The largest absolute Gasteiger partial charge is 0.497 e. The van der Waals surface area contributed by atoms with Crippen LogP contribution in [0, 0.1) is 0 Å². The Bertz CT molecular complexity index is 498. The van der Waals surface area contributed by atoms with Gasteiger partial charge in [0.1, 0.15) is 15.8 Å². The van der Waals surface area contributed by atoms with Gasteiger partial charge in [0, 0.05) is 13.0 Å². The van der Waals surface area contributed by atoms with Crippen LogP contribution < -0.4 is 10.1 Å². The number of hydrogen-bond donors (Lipinski definition) is 1. The first-order chi connectivity index (χ1) is 8.81. The first-order valence-electron chi connectivity index (χ1n) is 5.96. The highest BCUT2D eigenvalue weighted by molar-refractivity contribution is 7.11. The smallest absolute Gasteiger partial charge is 0.131 e. The lowest BCUT2D eigenvalue weighted by molar-refractivity contribution is 0.414. The average Bonchev–Trinajstić information content (AvgIpc) is 2.84. The van der Waals surface area contributed by atoms with Crippen LogP contribution in [0.3, 0.4) is 0 Å². The highest BCUT2D eigenvalue weighted by Crippen LogP contribution is 2.18. The van der Waals surface area contributed by atoms with Gasteiger partial charge in [-0.05, 0) is 24.2 Å². The molecule has 2 aromatic rings. The second-order valence-electron chi connectivity index (χ2n) is 3.90. The molecule has 0 bridgehead atoms. The number of methoxy groups -OCH3 is 1. The summed E-state index contributed by atoms with van der Waals surface area (Å²) in [4.78, 5) is 0. The van der Waals surface area contributed by atoms with Crippen molar-refractivity contribution < 1.29 is 4.74 Å². The normalized spacial score (nSPS) is 10.6. The van der Waals surface area contributed by atoms with Gasteiger partial charge in [0.25, 0.3) is 0 Å². The Kier molecular flexibility index (Phi) is 4.66. The van der Waals surface area contributed by atoms with Crippen molar-refractivity contribution in [3.63, 3.8) is 0 Å². The van der Waals surface area contributed by atoms with Crippen molar-refractivity contribution in [3.8, 4) is 5.75 Å². The summed E-state index contributed by atoms with van der Waals surface area (Å²) >= 11 is 1.66. The minimum absolute atomic E-state index is 0.798. The molecule has 0 atom stereocenters. The van der Waals surface area contributed by atoms with E-state index in [1.165, 1.54) is 5.56 Å². The minimum Gasteiger partial charge on any atom is -0.497 e. The van der Waals surface area contributed by atoms with E-state index >= 15 is 0 Å². The zero-order valence-electron chi connectivity index (χ0n) is 10.6. The summed E-state index contributed by atoms with van der Waals surface area (Å²) in [6.07, 6.45) is 0.807. The first-order valence-corrected chi connectivity index (χ1v) is 6.78. The second-order valence-corrected chi connectivity index (χ2v) is 5.04. The van der Waals surface area contributed by atoms with Gasteiger partial charge in [-0.15, -0.1) is 10.2 Å². The summed E-state index contributed by atoms with van der Waals surface area (Å²) in [5.74, 6) is 0.880. The van der Waals surface area contributed by atoms with Crippen molar-refractivity contribution in [1.29, 1.82) is 0 Å². The number of ether oxygens (including phenoxy) is 1. The number of aromatic nitrogens is 2. The van der Waals surface area contributed by atoms with Crippen LogP contribution in [0.5, 0.6) is 5.75 Å². The molecule has 5 heteroatoms. The van der Waals surface area contributed by atoms with Gasteiger partial charge in [-0.2, -0.15) is 0 Å². The van der Waals surface area contributed by atoms with E-state index in [2.05, 4.69) is 28.5 Å².